The number of aromatic amines is 1. The third kappa shape index (κ3) is 10.2. The number of halogens is 1. The topological polar surface area (TPSA) is 270 Å². The van der Waals surface area contributed by atoms with Crippen molar-refractivity contribution in [2.75, 3.05) is 24.7 Å². The number of amides is 1. The minimum absolute atomic E-state index is 0.0190. The lowest BCUT2D eigenvalue weighted by Gasteiger charge is -2.39. The van der Waals surface area contributed by atoms with Crippen molar-refractivity contribution in [1.82, 2.24) is 14.9 Å². The predicted molar refractivity (Wildman–Crippen MR) is 184 cm³/mol. The maximum atomic E-state index is 13.5. The second-order valence-electron chi connectivity index (χ2n) is 14.0. The maximum absolute atomic E-state index is 13.5. The van der Waals surface area contributed by atoms with E-state index in [1.54, 1.807) is 45.0 Å². The minimum atomic E-state index is -4.76. The van der Waals surface area contributed by atoms with Gasteiger partial charge in [0.05, 0.1) is 42.5 Å². The summed E-state index contributed by atoms with van der Waals surface area (Å²) in [5.41, 5.74) is -6.35. The molecule has 1 aromatic heterocycles. The third-order valence-electron chi connectivity index (χ3n) is 8.89. The summed E-state index contributed by atoms with van der Waals surface area (Å²) in [6.45, 7) is 4.83. The fourth-order valence-corrected chi connectivity index (χ4v) is 7.92. The van der Waals surface area contributed by atoms with Gasteiger partial charge in [-0.3, -0.25) is 23.5 Å². The van der Waals surface area contributed by atoms with E-state index < -0.39 is 129 Å². The average Bonchev–Trinajstić information content (AvgIpc) is 3.53. The molecule has 2 aliphatic heterocycles. The first kappa shape index (κ1) is 41.8. The Morgan fingerprint density at radius 2 is 1.67 bits per heavy atom. The smallest absolute Gasteiger partial charge is 0.407 e. The van der Waals surface area contributed by atoms with Gasteiger partial charge in [0.25, 0.3) is 25.8 Å². The van der Waals surface area contributed by atoms with Crippen LogP contribution in [-0.2, 0) is 51.5 Å². The summed E-state index contributed by atoms with van der Waals surface area (Å²) in [7, 11) is -9.51. The van der Waals surface area contributed by atoms with Gasteiger partial charge in [0.1, 0.15) is 17.8 Å². The number of aliphatic hydroxyl groups excluding tert-OH is 2. The number of H-pyrrole nitrogens is 1. The summed E-state index contributed by atoms with van der Waals surface area (Å²) in [5, 5.41) is 24.3. The van der Waals surface area contributed by atoms with E-state index in [0.29, 0.717) is 10.6 Å². The highest BCUT2D eigenvalue weighted by Gasteiger charge is 2.65. The molecule has 0 aliphatic carbocycles. The van der Waals surface area contributed by atoms with E-state index in [2.05, 4.69) is 10.3 Å². The number of aromatic nitrogens is 2. The van der Waals surface area contributed by atoms with Crippen LogP contribution in [0.5, 0.6) is 0 Å². The van der Waals surface area contributed by atoms with Gasteiger partial charge in [0.15, 0.2) is 5.72 Å². The molecule has 6 N–H and O–H groups in total. The van der Waals surface area contributed by atoms with Crippen LogP contribution < -0.4 is 16.6 Å². The number of nitrogens with one attached hydrogen (secondary N) is 2. The molecular weight excluding hydrogens is 754 g/mol. The lowest BCUT2D eigenvalue weighted by atomic mass is 9.81. The zero-order chi connectivity index (χ0) is 38.9. The highest BCUT2D eigenvalue weighted by molar-refractivity contribution is 7.86. The average molecular weight is 798 g/mol. The number of hydrogen-bond donors (Lipinski definition) is 6. The molecule has 0 saturated carbocycles. The van der Waals surface area contributed by atoms with Crippen LogP contribution in [0.25, 0.3) is 0 Å². The lowest BCUT2D eigenvalue weighted by molar-refractivity contribution is -0.215. The van der Waals surface area contributed by atoms with Crippen molar-refractivity contribution in [3.63, 3.8) is 0 Å². The number of alkyl carbamates (subject to hydrolysis) is 1. The molecule has 0 bridgehead atoms. The molecular formula is C31H44ClN3O15S2. The van der Waals surface area contributed by atoms with Crippen molar-refractivity contribution in [1.29, 1.82) is 0 Å². The summed E-state index contributed by atoms with van der Waals surface area (Å²) in [5.74, 6) is -3.22. The fraction of sp³-hybridized carbons (Fsp3) is 0.645. The van der Waals surface area contributed by atoms with E-state index in [1.165, 1.54) is 6.92 Å². The molecule has 2 aliphatic rings. The van der Waals surface area contributed by atoms with Gasteiger partial charge in [-0.15, -0.1) is 0 Å². The minimum Gasteiger partial charge on any atom is -0.444 e. The first-order chi connectivity index (χ1) is 24.0. The number of nitrogens with zero attached hydrogens (tertiary/aromatic N) is 1. The summed E-state index contributed by atoms with van der Waals surface area (Å²) in [6, 6.07) is 6.38. The Hall–Kier alpha value is -2.92. The Morgan fingerprint density at radius 3 is 2.19 bits per heavy atom. The summed E-state index contributed by atoms with van der Waals surface area (Å²) in [6.07, 6.45) is -7.33. The Kier molecular flexibility index (Phi) is 12.7. The number of aliphatic hydroxyl groups is 2. The van der Waals surface area contributed by atoms with Gasteiger partial charge in [0.2, 0.25) is 0 Å². The van der Waals surface area contributed by atoms with Gasteiger partial charge in [-0.05, 0) is 58.2 Å². The first-order valence-corrected chi connectivity index (χ1v) is 19.8. The van der Waals surface area contributed by atoms with Crippen LogP contribution in [0.4, 0.5) is 4.79 Å². The van der Waals surface area contributed by atoms with Crippen molar-refractivity contribution in [3.8, 4) is 0 Å². The van der Waals surface area contributed by atoms with Crippen molar-refractivity contribution in [2.24, 2.45) is 5.92 Å². The second-order valence-corrected chi connectivity index (χ2v) is 17.6. The molecule has 1 amide bonds. The maximum Gasteiger partial charge on any atom is 0.407 e. The third-order valence-corrected chi connectivity index (χ3v) is 10.6. The van der Waals surface area contributed by atoms with Crippen LogP contribution in [0.3, 0.4) is 0 Å². The van der Waals surface area contributed by atoms with Crippen molar-refractivity contribution in [3.05, 3.63) is 67.4 Å². The number of rotatable bonds is 14. The molecule has 2 fully saturated rings. The standard InChI is InChI=1S/C31H44ClN3O15S2/c1-18-15-35(27(39)34-26(18)38)31(13-22(37)23(16-36)48-31)25-21(14-33-28(40)50-29(2,3)4)24(47-17-19-5-7-20(32)8-6-19)30(49-25,9-11-51(41,42)43)10-12-52(44,45)46/h5-8,15,21-25,36-37H,9-14,16-17H2,1-4H3,(H,33,40)(H,34,38,39)(H,41,42,43)(H,44,45,46)/t21-,22+,23-,24+,25-,31+/m1/s1. The number of carbonyl (C=O) groups excluding carboxylic acids is 1. The number of hydrogen-bond acceptors (Lipinski definition) is 13. The van der Waals surface area contributed by atoms with Gasteiger partial charge in [-0.1, -0.05) is 23.7 Å². The molecule has 6 atom stereocenters. The summed E-state index contributed by atoms with van der Waals surface area (Å²) < 4.78 is 94.1. The number of carbonyl (C=O) groups is 1. The molecule has 52 heavy (non-hydrogen) atoms. The monoisotopic (exact) mass is 797 g/mol. The van der Waals surface area contributed by atoms with Gasteiger partial charge >= 0.3 is 11.8 Å². The number of benzene rings is 1. The van der Waals surface area contributed by atoms with E-state index in [4.69, 9.17) is 30.5 Å². The fourth-order valence-electron chi connectivity index (χ4n) is 6.59. The Balaban J connectivity index is 1.98. The van der Waals surface area contributed by atoms with E-state index in [0.717, 1.165) is 10.8 Å². The molecule has 2 saturated heterocycles. The first-order valence-electron chi connectivity index (χ1n) is 16.2. The van der Waals surface area contributed by atoms with Crippen LogP contribution in [0.1, 0.15) is 51.2 Å². The summed E-state index contributed by atoms with van der Waals surface area (Å²) in [4.78, 5) is 41.2. The van der Waals surface area contributed by atoms with Crippen LogP contribution in [0.15, 0.2) is 40.1 Å². The van der Waals surface area contributed by atoms with Gasteiger partial charge in [-0.25, -0.2) is 9.59 Å². The molecule has 21 heteroatoms. The Labute approximate surface area is 304 Å². The SMILES string of the molecule is Cc1cn([C@@]2([C@@H]3OC(CCS(=O)(=O)O)(CCS(=O)(=O)O)[C@@H](OCc4ccc(Cl)cc4)[C@H]3CNC(=O)OC(C)(C)C)C[C@H](O)[C@@H](CO)O2)c(=O)[nH]c1=O. The molecule has 0 radical (unpaired) electrons. The molecule has 2 aromatic rings. The van der Waals surface area contributed by atoms with Crippen LogP contribution in [0.2, 0.25) is 5.02 Å². The van der Waals surface area contributed by atoms with Crippen LogP contribution in [0, 0.1) is 12.8 Å². The van der Waals surface area contributed by atoms with Crippen molar-refractivity contribution >= 4 is 37.9 Å². The largest absolute Gasteiger partial charge is 0.444 e. The highest BCUT2D eigenvalue weighted by Crippen LogP contribution is 2.52. The molecule has 292 valence electrons. The van der Waals surface area contributed by atoms with E-state index in [1.807, 2.05) is 0 Å². The molecule has 1 aromatic carbocycles. The predicted octanol–water partition coefficient (Wildman–Crippen LogP) is 0.713. The van der Waals surface area contributed by atoms with Gasteiger partial charge < -0.3 is 34.5 Å². The van der Waals surface area contributed by atoms with E-state index in [9.17, 15) is 50.5 Å². The van der Waals surface area contributed by atoms with Crippen molar-refractivity contribution in [2.45, 2.75) is 94.9 Å². The highest BCUT2D eigenvalue weighted by atomic mass is 35.5. The second kappa shape index (κ2) is 15.8. The van der Waals surface area contributed by atoms with Crippen LogP contribution in [-0.4, -0.2) is 112 Å². The zero-order valence-electron chi connectivity index (χ0n) is 28.9. The Bertz CT molecular complexity index is 1890. The number of aryl methyl sites for hydroxylation is 1. The molecule has 0 spiro atoms. The Morgan fingerprint density at radius 1 is 1.08 bits per heavy atom. The lowest BCUT2D eigenvalue weighted by Crippen LogP contribution is -2.56. The van der Waals surface area contributed by atoms with Gasteiger partial charge in [0, 0.05) is 35.7 Å². The van der Waals surface area contributed by atoms with Crippen LogP contribution >= 0.6 is 11.6 Å². The normalized spacial score (nSPS) is 26.4. The quantitative estimate of drug-likeness (QED) is 0.144. The van der Waals surface area contributed by atoms with E-state index >= 15 is 0 Å². The van der Waals surface area contributed by atoms with Crippen molar-refractivity contribution < 1.29 is 59.9 Å². The zero-order valence-corrected chi connectivity index (χ0v) is 31.2. The summed E-state index contributed by atoms with van der Waals surface area (Å²) >= 11 is 6.05. The molecule has 0 unspecified atom stereocenters. The molecule has 3 heterocycles. The molecule has 18 nitrogen and oxygen atoms in total. The molecule has 4 rings (SSSR count). The number of ether oxygens (including phenoxy) is 4. The van der Waals surface area contributed by atoms with E-state index in [-0.39, 0.29) is 12.2 Å². The van der Waals surface area contributed by atoms with Gasteiger partial charge in [-0.2, -0.15) is 16.8 Å².